The lowest BCUT2D eigenvalue weighted by atomic mass is 9.68. The van der Waals surface area contributed by atoms with Crippen molar-refractivity contribution in [2.45, 2.75) is 40.5 Å². The maximum Gasteiger partial charge on any atom is 0.326 e. The molecule has 2 bridgehead atoms. The molecule has 17 heteroatoms. The molecule has 1 saturated heterocycles. The van der Waals surface area contributed by atoms with Gasteiger partial charge in [0.15, 0.2) is 6.61 Å². The van der Waals surface area contributed by atoms with Crippen LogP contribution in [0.5, 0.6) is 5.75 Å². The molecule has 0 radical (unpaired) electrons. The van der Waals surface area contributed by atoms with E-state index in [2.05, 4.69) is 26.2 Å². The third-order valence-electron chi connectivity index (χ3n) is 9.63. The van der Waals surface area contributed by atoms with E-state index in [-0.39, 0.29) is 39.4 Å². The number of aromatic nitrogens is 1. The molecule has 1 aromatic heterocycles. The van der Waals surface area contributed by atoms with Gasteiger partial charge in [0.2, 0.25) is 21.8 Å². The number of benzene rings is 2. The fourth-order valence-corrected chi connectivity index (χ4v) is 11.6. The highest BCUT2D eigenvalue weighted by Gasteiger charge is 2.70. The number of likely N-dealkylation sites (tertiary alicyclic amines) is 1. The molecule has 7 rings (SSSR count). The molecule has 8 atom stereocenters. The molecule has 2 aliphatic carbocycles. The maximum atomic E-state index is 13.7. The van der Waals surface area contributed by atoms with E-state index in [4.69, 9.17) is 9.88 Å². The number of nitrogens with two attached hydrogens (primary N) is 1. The first kappa shape index (κ1) is 32.1. The second kappa shape index (κ2) is 11.6. The van der Waals surface area contributed by atoms with Crippen LogP contribution in [0.2, 0.25) is 0 Å². The molecule has 2 aromatic carbocycles. The average Bonchev–Trinajstić information content (AvgIpc) is 3.74. The van der Waals surface area contributed by atoms with Gasteiger partial charge in [-0.25, -0.2) is 18.4 Å². The molecule has 2 saturated carbocycles. The van der Waals surface area contributed by atoms with E-state index in [1.54, 1.807) is 12.1 Å². The summed E-state index contributed by atoms with van der Waals surface area (Å²) in [5.74, 6) is -4.55. The Balaban J connectivity index is 1.20. The first-order valence-electron chi connectivity index (χ1n) is 14.6. The number of sulfonamides is 1. The summed E-state index contributed by atoms with van der Waals surface area (Å²) in [5.41, 5.74) is 1.04. The topological polar surface area (TPSA) is 206 Å². The van der Waals surface area contributed by atoms with Crippen LogP contribution in [0.4, 0.5) is 5.69 Å². The minimum atomic E-state index is -3.89. The van der Waals surface area contributed by atoms with Crippen LogP contribution >= 0.6 is 39.0 Å². The van der Waals surface area contributed by atoms with E-state index in [9.17, 15) is 37.5 Å². The lowest BCUT2D eigenvalue weighted by Gasteiger charge is -2.43. The Morgan fingerprint density at radius 3 is 2.47 bits per heavy atom. The zero-order valence-electron chi connectivity index (χ0n) is 24.4. The minimum absolute atomic E-state index is 0.0960. The van der Waals surface area contributed by atoms with Crippen LogP contribution in [0.1, 0.15) is 29.7 Å². The van der Waals surface area contributed by atoms with Crippen LogP contribution in [-0.4, -0.2) is 65.0 Å². The highest BCUT2D eigenvalue weighted by Crippen LogP contribution is 2.69. The van der Waals surface area contributed by atoms with Gasteiger partial charge in [-0.1, -0.05) is 27.3 Å². The number of halogens is 1. The van der Waals surface area contributed by atoms with Crippen molar-refractivity contribution in [1.29, 1.82) is 0 Å². The lowest BCUT2D eigenvalue weighted by molar-refractivity contribution is -0.154. The number of anilines is 1. The fourth-order valence-electron chi connectivity index (χ4n) is 7.84. The quantitative estimate of drug-likeness (QED) is 0.247. The number of carbonyl (C=O) groups is 4. The zero-order chi connectivity index (χ0) is 33.5. The summed E-state index contributed by atoms with van der Waals surface area (Å²) in [7, 11) is -3.89. The van der Waals surface area contributed by atoms with Gasteiger partial charge in [-0.2, -0.15) is 0 Å². The summed E-state index contributed by atoms with van der Waals surface area (Å²) in [4.78, 5) is 68.9. The summed E-state index contributed by atoms with van der Waals surface area (Å²) < 4.78 is 29.9. The number of aromatic amines is 1. The Kier molecular flexibility index (Phi) is 7.90. The number of thioether (sulfide) groups is 1. The molecule has 3 fully saturated rings. The number of H-pyrrole nitrogens is 1. The number of imide groups is 1. The monoisotopic (exact) mass is 762 g/mol. The first-order valence-corrected chi connectivity index (χ1v) is 18.6. The van der Waals surface area contributed by atoms with Crippen LogP contribution in [0, 0.1) is 29.6 Å². The van der Waals surface area contributed by atoms with Crippen molar-refractivity contribution in [2.24, 2.45) is 34.7 Å². The Morgan fingerprint density at radius 1 is 1.13 bits per heavy atom. The van der Waals surface area contributed by atoms with E-state index in [0.29, 0.717) is 28.4 Å². The van der Waals surface area contributed by atoms with Crippen LogP contribution < -0.4 is 20.1 Å². The SMILES string of the molecule is CC(C(=O)O)N1C(=O)C2C3CC(C2C1=O)C1C3Sc2[nH]c(=O)sc2[C@@H]1c1cc(Br)ccc1OCC(=O)Nc1ccc(S(N)(=O)=O)cc1. The largest absolute Gasteiger partial charge is 0.483 e. The van der Waals surface area contributed by atoms with E-state index in [1.165, 1.54) is 43.0 Å². The number of fused-ring (bicyclic) bond motifs is 9. The first-order chi connectivity index (χ1) is 22.2. The molecule has 246 valence electrons. The maximum absolute atomic E-state index is 13.7. The summed E-state index contributed by atoms with van der Waals surface area (Å²) in [6.45, 7) is 0.956. The number of nitrogens with zero attached hydrogens (tertiary/aromatic N) is 1. The highest BCUT2D eigenvalue weighted by atomic mass is 79.9. The molecular weight excluding hydrogens is 736 g/mol. The number of carboxylic acids is 1. The van der Waals surface area contributed by atoms with Crippen molar-refractivity contribution in [2.75, 3.05) is 11.9 Å². The van der Waals surface area contributed by atoms with Crippen LogP contribution in [0.25, 0.3) is 0 Å². The number of amides is 3. The lowest BCUT2D eigenvalue weighted by Crippen LogP contribution is -2.44. The van der Waals surface area contributed by atoms with E-state index >= 15 is 0 Å². The second-order valence-corrected chi connectivity index (χ2v) is 16.8. The van der Waals surface area contributed by atoms with Gasteiger partial charge in [-0.05, 0) is 73.6 Å². The van der Waals surface area contributed by atoms with Crippen molar-refractivity contribution in [3.8, 4) is 5.75 Å². The Labute approximate surface area is 284 Å². The summed E-state index contributed by atoms with van der Waals surface area (Å²) in [6, 6.07) is 9.46. The predicted molar refractivity (Wildman–Crippen MR) is 174 cm³/mol. The van der Waals surface area contributed by atoms with Gasteiger partial charge in [0.05, 0.1) is 21.8 Å². The number of hydrogen-bond acceptors (Lipinski definition) is 10. The van der Waals surface area contributed by atoms with Gasteiger partial charge < -0.3 is 20.1 Å². The van der Waals surface area contributed by atoms with Crippen LogP contribution in [0.3, 0.4) is 0 Å². The predicted octanol–water partition coefficient (Wildman–Crippen LogP) is 2.81. The molecule has 7 unspecified atom stereocenters. The van der Waals surface area contributed by atoms with Crippen LogP contribution in [0.15, 0.2) is 61.7 Å². The van der Waals surface area contributed by atoms with Gasteiger partial charge >= 0.3 is 10.8 Å². The van der Waals surface area contributed by atoms with Gasteiger partial charge in [0.25, 0.3) is 5.91 Å². The van der Waals surface area contributed by atoms with E-state index in [0.717, 1.165) is 25.6 Å². The molecule has 2 aliphatic heterocycles. The number of ether oxygens (including phenoxy) is 1. The van der Waals surface area contributed by atoms with Crippen molar-refractivity contribution in [1.82, 2.24) is 9.88 Å². The highest BCUT2D eigenvalue weighted by molar-refractivity contribution is 9.10. The summed E-state index contributed by atoms with van der Waals surface area (Å²) >= 11 is 6.13. The second-order valence-electron chi connectivity index (χ2n) is 12.1. The number of rotatable bonds is 8. The summed E-state index contributed by atoms with van der Waals surface area (Å²) in [6.07, 6.45) is 0.622. The van der Waals surface area contributed by atoms with Gasteiger partial charge in [-0.15, -0.1) is 11.8 Å². The standard InChI is InChI=1S/C30H27BrN4O9S3/c1-11(29(39)40)35-27(37)22-16-9-17(23(22)28(35)38)24-21(16)20(25-26(45-24)34-30(41)46-25)15-8-12(31)2-7-18(15)44-10-19(36)33-13-3-5-14(6-4-13)47(32,42)43/h2-8,11,16-17,20-24H,9-10H2,1H3,(H,33,36)(H,34,41)(H,39,40)(H2,32,42,43)/t11?,16?,17?,20-,21?,22?,23?,24?/m1/s1. The van der Waals surface area contributed by atoms with Gasteiger partial charge in [0, 0.05) is 31.8 Å². The minimum Gasteiger partial charge on any atom is -0.483 e. The molecule has 47 heavy (non-hydrogen) atoms. The molecule has 0 spiro atoms. The molecule has 3 aromatic rings. The molecule has 5 N–H and O–H groups in total. The average molecular weight is 764 g/mol. The number of hydrogen-bond donors (Lipinski definition) is 4. The Bertz CT molecular complexity index is 2010. The zero-order valence-corrected chi connectivity index (χ0v) is 28.5. The molecule has 13 nitrogen and oxygen atoms in total. The number of nitrogens with one attached hydrogen (secondary N) is 2. The number of aliphatic carboxylic acids is 1. The van der Waals surface area contributed by atoms with Crippen molar-refractivity contribution in [3.05, 3.63) is 67.0 Å². The fraction of sp³-hybridized carbons (Fsp3) is 0.367. The molecule has 4 aliphatic rings. The Morgan fingerprint density at radius 2 is 1.81 bits per heavy atom. The number of carbonyl (C=O) groups excluding carboxylic acids is 3. The third-order valence-corrected chi connectivity index (χ3v) is 13.6. The third kappa shape index (κ3) is 5.31. The number of carboxylic acid groups (broad SMARTS) is 1. The Hall–Kier alpha value is -3.51. The van der Waals surface area contributed by atoms with E-state index < -0.39 is 57.5 Å². The number of primary sulfonamides is 1. The van der Waals surface area contributed by atoms with Crippen molar-refractivity contribution < 1.29 is 37.4 Å². The smallest absolute Gasteiger partial charge is 0.326 e. The number of thiazole rings is 1. The molecule has 3 heterocycles. The molecule has 3 amide bonds. The van der Waals surface area contributed by atoms with Crippen molar-refractivity contribution >= 4 is 78.4 Å². The van der Waals surface area contributed by atoms with Crippen molar-refractivity contribution in [3.63, 3.8) is 0 Å². The molecular formula is C30H27BrN4O9S3. The van der Waals surface area contributed by atoms with E-state index in [1.807, 2.05) is 6.07 Å². The normalized spacial score (nSPS) is 28.1. The summed E-state index contributed by atoms with van der Waals surface area (Å²) in [5, 5.41) is 18.0. The van der Waals surface area contributed by atoms with Crippen LogP contribution in [-0.2, 0) is 29.2 Å². The van der Waals surface area contributed by atoms with Gasteiger partial charge in [-0.3, -0.25) is 24.1 Å². The van der Waals surface area contributed by atoms with Gasteiger partial charge in [0.1, 0.15) is 11.8 Å².